The van der Waals surface area contributed by atoms with Crippen molar-refractivity contribution in [1.82, 2.24) is 14.9 Å². The highest BCUT2D eigenvalue weighted by molar-refractivity contribution is 5.77. The van der Waals surface area contributed by atoms with Crippen molar-refractivity contribution in [2.24, 2.45) is 0 Å². The Hall–Kier alpha value is -2.06. The molecule has 0 N–H and O–H groups in total. The van der Waals surface area contributed by atoms with E-state index in [2.05, 4.69) is 9.97 Å². The molecule has 1 fully saturated rings. The number of ether oxygens (including phenoxy) is 2. The molecule has 1 aromatic heterocycles. The Kier molecular flexibility index (Phi) is 5.04. The zero-order valence-electron chi connectivity index (χ0n) is 12.0. The van der Waals surface area contributed by atoms with Crippen LogP contribution in [-0.2, 0) is 4.79 Å². The second-order valence-corrected chi connectivity index (χ2v) is 4.91. The van der Waals surface area contributed by atoms with E-state index in [1.54, 1.807) is 0 Å². The molecule has 2 heterocycles. The fourth-order valence-corrected chi connectivity index (χ4v) is 2.20. The monoisotopic (exact) mass is 319 g/mol. The molecule has 0 aliphatic carbocycles. The number of nitrogens with zero attached hydrogens (tertiary/aromatic N) is 3. The number of piperidine rings is 1. The third kappa shape index (κ3) is 4.74. The highest BCUT2D eigenvalue weighted by atomic mass is 19.4. The summed E-state index contributed by atoms with van der Waals surface area (Å²) in [6.07, 6.45) is -2.35. The lowest BCUT2D eigenvalue weighted by Gasteiger charge is -2.32. The van der Waals surface area contributed by atoms with Gasteiger partial charge in [-0.1, -0.05) is 0 Å². The SMILES string of the molecule is COc1cncc(O[C@@H]2CCCN(C(=O)CC(F)(F)F)C2)n1. The molecule has 0 saturated carbocycles. The normalized spacial score (nSPS) is 18.9. The predicted molar refractivity (Wildman–Crippen MR) is 69.5 cm³/mol. The molecule has 0 bridgehead atoms. The number of methoxy groups -OCH3 is 1. The van der Waals surface area contributed by atoms with E-state index < -0.39 is 24.6 Å². The largest absolute Gasteiger partial charge is 0.480 e. The van der Waals surface area contributed by atoms with Gasteiger partial charge in [0.1, 0.15) is 12.5 Å². The third-order valence-corrected chi connectivity index (χ3v) is 3.17. The maximum Gasteiger partial charge on any atom is 0.397 e. The van der Waals surface area contributed by atoms with Gasteiger partial charge in [-0.2, -0.15) is 18.2 Å². The molecule has 1 aliphatic rings. The van der Waals surface area contributed by atoms with Crippen LogP contribution in [-0.4, -0.2) is 53.3 Å². The summed E-state index contributed by atoms with van der Waals surface area (Å²) in [5, 5.41) is 0. The Bertz CT molecular complexity index is 525. The molecule has 0 aromatic carbocycles. The Morgan fingerprint density at radius 2 is 2.14 bits per heavy atom. The molecule has 0 spiro atoms. The molecule has 1 aromatic rings. The fourth-order valence-electron chi connectivity index (χ4n) is 2.20. The molecular formula is C13H16F3N3O3. The molecule has 0 unspecified atom stereocenters. The Morgan fingerprint density at radius 1 is 1.41 bits per heavy atom. The first-order valence-corrected chi connectivity index (χ1v) is 6.74. The minimum atomic E-state index is -4.50. The summed E-state index contributed by atoms with van der Waals surface area (Å²) in [4.78, 5) is 20.7. The lowest BCUT2D eigenvalue weighted by Crippen LogP contribution is -2.45. The van der Waals surface area contributed by atoms with Gasteiger partial charge in [-0.3, -0.25) is 9.78 Å². The molecule has 0 radical (unpaired) electrons. The lowest BCUT2D eigenvalue weighted by atomic mass is 10.1. The van der Waals surface area contributed by atoms with E-state index in [-0.39, 0.29) is 18.3 Å². The molecule has 122 valence electrons. The topological polar surface area (TPSA) is 64.6 Å². The highest BCUT2D eigenvalue weighted by Crippen LogP contribution is 2.23. The minimum absolute atomic E-state index is 0.105. The van der Waals surface area contributed by atoms with E-state index in [0.717, 1.165) is 0 Å². The second kappa shape index (κ2) is 6.80. The van der Waals surface area contributed by atoms with Crippen LogP contribution in [0.25, 0.3) is 0 Å². The number of hydrogen-bond donors (Lipinski definition) is 0. The molecule has 1 atom stereocenters. The van der Waals surface area contributed by atoms with E-state index in [4.69, 9.17) is 9.47 Å². The number of carbonyl (C=O) groups excluding carboxylic acids is 1. The fraction of sp³-hybridized carbons (Fsp3) is 0.615. The first kappa shape index (κ1) is 16.3. The smallest absolute Gasteiger partial charge is 0.397 e. The summed E-state index contributed by atoms with van der Waals surface area (Å²) in [5.74, 6) is -0.440. The molecule has 9 heteroatoms. The Balaban J connectivity index is 1.94. The standard InChI is InChI=1S/C13H16F3N3O3/c1-21-10-6-17-7-11(18-10)22-9-3-2-4-19(8-9)12(20)5-13(14,15)16/h6-7,9H,2-5,8H2,1H3/t9-/m1/s1. The zero-order chi connectivity index (χ0) is 16.2. The second-order valence-electron chi connectivity index (χ2n) is 4.91. The molecular weight excluding hydrogens is 303 g/mol. The van der Waals surface area contributed by atoms with Crippen LogP contribution in [0.2, 0.25) is 0 Å². The summed E-state index contributed by atoms with van der Waals surface area (Å²) in [6.45, 7) is 0.409. The first-order chi connectivity index (χ1) is 10.4. The van der Waals surface area contributed by atoms with Gasteiger partial charge in [0, 0.05) is 6.54 Å². The minimum Gasteiger partial charge on any atom is -0.480 e. The van der Waals surface area contributed by atoms with Crippen LogP contribution in [0.15, 0.2) is 12.4 Å². The van der Waals surface area contributed by atoms with E-state index in [0.29, 0.717) is 19.4 Å². The highest BCUT2D eigenvalue weighted by Gasteiger charge is 2.35. The number of hydrogen-bond acceptors (Lipinski definition) is 5. The van der Waals surface area contributed by atoms with Crippen molar-refractivity contribution in [1.29, 1.82) is 0 Å². The van der Waals surface area contributed by atoms with Crippen molar-refractivity contribution in [3.05, 3.63) is 12.4 Å². The number of carbonyl (C=O) groups is 1. The Labute approximate surface area is 125 Å². The van der Waals surface area contributed by atoms with Gasteiger partial charge in [0.2, 0.25) is 17.7 Å². The molecule has 1 aliphatic heterocycles. The van der Waals surface area contributed by atoms with Gasteiger partial charge in [-0.05, 0) is 12.8 Å². The van der Waals surface area contributed by atoms with Crippen molar-refractivity contribution in [2.75, 3.05) is 20.2 Å². The number of amides is 1. The molecule has 22 heavy (non-hydrogen) atoms. The lowest BCUT2D eigenvalue weighted by molar-refractivity contribution is -0.163. The third-order valence-electron chi connectivity index (χ3n) is 3.17. The van der Waals surface area contributed by atoms with Crippen LogP contribution < -0.4 is 9.47 Å². The first-order valence-electron chi connectivity index (χ1n) is 6.74. The van der Waals surface area contributed by atoms with Gasteiger partial charge in [0.05, 0.1) is 26.0 Å². The van der Waals surface area contributed by atoms with Gasteiger partial charge in [0.25, 0.3) is 0 Å². The molecule has 2 rings (SSSR count). The van der Waals surface area contributed by atoms with E-state index >= 15 is 0 Å². The predicted octanol–water partition coefficient (Wildman–Crippen LogP) is 1.81. The number of halogens is 3. The maximum absolute atomic E-state index is 12.3. The van der Waals surface area contributed by atoms with Gasteiger partial charge < -0.3 is 14.4 Å². The number of aromatic nitrogens is 2. The quantitative estimate of drug-likeness (QED) is 0.847. The van der Waals surface area contributed by atoms with Crippen LogP contribution in [0.1, 0.15) is 19.3 Å². The van der Waals surface area contributed by atoms with Crippen molar-refractivity contribution >= 4 is 5.91 Å². The van der Waals surface area contributed by atoms with E-state index in [1.165, 1.54) is 24.4 Å². The van der Waals surface area contributed by atoms with Gasteiger partial charge >= 0.3 is 6.18 Å². The van der Waals surface area contributed by atoms with E-state index in [9.17, 15) is 18.0 Å². The van der Waals surface area contributed by atoms with Gasteiger partial charge in [-0.15, -0.1) is 0 Å². The van der Waals surface area contributed by atoms with Crippen LogP contribution in [0.5, 0.6) is 11.8 Å². The molecule has 1 saturated heterocycles. The zero-order valence-corrected chi connectivity index (χ0v) is 12.0. The van der Waals surface area contributed by atoms with Crippen molar-refractivity contribution < 1.29 is 27.4 Å². The average molecular weight is 319 g/mol. The summed E-state index contributed by atoms with van der Waals surface area (Å²) in [5.41, 5.74) is 0. The molecule has 6 nitrogen and oxygen atoms in total. The molecule has 1 amide bonds. The Morgan fingerprint density at radius 3 is 2.82 bits per heavy atom. The van der Waals surface area contributed by atoms with Gasteiger partial charge in [0.15, 0.2) is 0 Å². The van der Waals surface area contributed by atoms with Crippen molar-refractivity contribution in [3.63, 3.8) is 0 Å². The summed E-state index contributed by atoms with van der Waals surface area (Å²) >= 11 is 0. The number of rotatable bonds is 4. The number of likely N-dealkylation sites (tertiary alicyclic amines) is 1. The van der Waals surface area contributed by atoms with Crippen LogP contribution >= 0.6 is 0 Å². The summed E-state index contributed by atoms with van der Waals surface area (Å²) < 4.78 is 47.3. The van der Waals surface area contributed by atoms with Crippen LogP contribution in [0.4, 0.5) is 13.2 Å². The summed E-state index contributed by atoms with van der Waals surface area (Å²) in [6, 6.07) is 0. The van der Waals surface area contributed by atoms with Crippen molar-refractivity contribution in [3.8, 4) is 11.8 Å². The number of alkyl halides is 3. The van der Waals surface area contributed by atoms with Crippen LogP contribution in [0.3, 0.4) is 0 Å². The maximum atomic E-state index is 12.3. The van der Waals surface area contributed by atoms with Gasteiger partial charge in [-0.25, -0.2) is 0 Å². The van der Waals surface area contributed by atoms with Crippen LogP contribution in [0, 0.1) is 0 Å². The average Bonchev–Trinajstić information content (AvgIpc) is 2.46. The van der Waals surface area contributed by atoms with Crippen molar-refractivity contribution in [2.45, 2.75) is 31.5 Å². The summed E-state index contributed by atoms with van der Waals surface area (Å²) in [7, 11) is 1.44. The van der Waals surface area contributed by atoms with E-state index in [1.807, 2.05) is 0 Å².